The van der Waals surface area contributed by atoms with Gasteiger partial charge >= 0.3 is 5.97 Å². The van der Waals surface area contributed by atoms with Crippen LogP contribution in [0.15, 0.2) is 10.6 Å². The van der Waals surface area contributed by atoms with Gasteiger partial charge in [0.15, 0.2) is 5.78 Å². The molecule has 0 aromatic heterocycles. The van der Waals surface area contributed by atoms with Gasteiger partial charge in [0.25, 0.3) is 0 Å². The lowest BCUT2D eigenvalue weighted by molar-refractivity contribution is -0.179. The minimum absolute atomic E-state index is 0.0442. The number of halogens is 1. The summed E-state index contributed by atoms with van der Waals surface area (Å²) in [6, 6.07) is 0. The average molecular weight is 389 g/mol. The van der Waals surface area contributed by atoms with E-state index in [4.69, 9.17) is 16.3 Å². The van der Waals surface area contributed by atoms with Crippen LogP contribution in [0.1, 0.15) is 71.1 Å². The summed E-state index contributed by atoms with van der Waals surface area (Å²) in [6.45, 7) is 2.34. The van der Waals surface area contributed by atoms with E-state index in [2.05, 4.69) is 6.92 Å². The first kappa shape index (κ1) is 17.1. The van der Waals surface area contributed by atoms with Crippen molar-refractivity contribution in [2.24, 2.45) is 40.9 Å². The third-order valence-corrected chi connectivity index (χ3v) is 10.3. The van der Waals surface area contributed by atoms with Crippen molar-refractivity contribution in [3.8, 4) is 0 Å². The molecule has 0 bridgehead atoms. The molecule has 8 atom stereocenters. The van der Waals surface area contributed by atoms with Crippen molar-refractivity contribution in [2.75, 3.05) is 0 Å². The Morgan fingerprint density at radius 3 is 2.63 bits per heavy atom. The van der Waals surface area contributed by atoms with Crippen LogP contribution in [0.25, 0.3) is 0 Å². The minimum Gasteiger partial charge on any atom is -0.458 e. The van der Waals surface area contributed by atoms with Crippen molar-refractivity contribution in [1.29, 1.82) is 0 Å². The summed E-state index contributed by atoms with van der Waals surface area (Å²) in [5.74, 6) is 4.28. The molecule has 1 heterocycles. The van der Waals surface area contributed by atoms with E-state index in [9.17, 15) is 9.59 Å². The molecular weight excluding hydrogens is 360 g/mol. The predicted molar refractivity (Wildman–Crippen MR) is 102 cm³/mol. The monoisotopic (exact) mass is 388 g/mol. The van der Waals surface area contributed by atoms with Gasteiger partial charge in [-0.05, 0) is 86.5 Å². The highest BCUT2D eigenvalue weighted by Gasteiger charge is 2.79. The largest absolute Gasteiger partial charge is 0.458 e. The molecular formula is C23H29ClO3. The molecule has 0 aromatic carbocycles. The normalized spacial score (nSPS) is 53.0. The van der Waals surface area contributed by atoms with Crippen molar-refractivity contribution in [2.45, 2.75) is 76.7 Å². The van der Waals surface area contributed by atoms with Gasteiger partial charge in [-0.15, -0.1) is 0 Å². The van der Waals surface area contributed by atoms with Gasteiger partial charge in [-0.3, -0.25) is 9.59 Å². The van der Waals surface area contributed by atoms with E-state index >= 15 is 0 Å². The molecule has 3 nitrogen and oxygen atoms in total. The number of ketones is 1. The van der Waals surface area contributed by atoms with Gasteiger partial charge in [-0.25, -0.2) is 0 Å². The quantitative estimate of drug-likeness (QED) is 0.592. The Labute approximate surface area is 166 Å². The fourth-order valence-corrected chi connectivity index (χ4v) is 9.36. The van der Waals surface area contributed by atoms with Crippen LogP contribution in [-0.2, 0) is 14.3 Å². The van der Waals surface area contributed by atoms with Crippen LogP contribution in [0.4, 0.5) is 0 Å². The van der Waals surface area contributed by atoms with E-state index in [1.54, 1.807) is 0 Å². The number of ether oxygens (including phenoxy) is 1. The van der Waals surface area contributed by atoms with E-state index in [1.807, 2.05) is 0 Å². The van der Waals surface area contributed by atoms with E-state index < -0.39 is 0 Å². The number of rotatable bonds is 1. The van der Waals surface area contributed by atoms with Gasteiger partial charge in [-0.1, -0.05) is 18.5 Å². The summed E-state index contributed by atoms with van der Waals surface area (Å²) in [4.78, 5) is 24.3. The number of hydrogen-bond acceptors (Lipinski definition) is 3. The van der Waals surface area contributed by atoms with Crippen LogP contribution in [0.3, 0.4) is 0 Å². The summed E-state index contributed by atoms with van der Waals surface area (Å²) < 4.78 is 6.23. The highest BCUT2D eigenvalue weighted by Crippen LogP contribution is 2.79. The van der Waals surface area contributed by atoms with Crippen molar-refractivity contribution >= 4 is 23.4 Å². The van der Waals surface area contributed by atoms with E-state index in [0.29, 0.717) is 35.6 Å². The van der Waals surface area contributed by atoms with Crippen molar-refractivity contribution in [3.63, 3.8) is 0 Å². The van der Waals surface area contributed by atoms with Gasteiger partial charge in [0.2, 0.25) is 0 Å². The molecule has 4 saturated carbocycles. The highest BCUT2D eigenvalue weighted by atomic mass is 35.5. The zero-order valence-electron chi connectivity index (χ0n) is 16.1. The first-order valence-corrected chi connectivity index (χ1v) is 11.5. The second-order valence-corrected chi connectivity index (χ2v) is 10.6. The summed E-state index contributed by atoms with van der Waals surface area (Å²) in [7, 11) is 0. The molecule has 0 N–H and O–H groups in total. The van der Waals surface area contributed by atoms with Gasteiger partial charge < -0.3 is 4.74 Å². The first-order chi connectivity index (χ1) is 13.0. The third-order valence-electron chi connectivity index (χ3n) is 9.86. The second kappa shape index (κ2) is 5.40. The number of carbonyl (C=O) groups excluding carboxylic acids is 2. The predicted octanol–water partition coefficient (Wildman–Crippen LogP) is 5.02. The molecule has 5 aliphatic carbocycles. The summed E-state index contributed by atoms with van der Waals surface area (Å²) >= 11 is 6.46. The standard InChI is InChI=1S/C23H29ClO3/c1-2-22-9-7-13-12-5-6-18(25)21(24)15(12)4-3-14(13)20(22)16-11-17(16)23(22)10-8-19(26)27-23/h12-14,16-17,20H,2-11H2,1H3/t12?,13?,14?,16?,17?,20?,22-,23-/m0/s1. The molecule has 5 fully saturated rings. The Balaban J connectivity index is 1.39. The molecule has 6 aliphatic rings. The molecule has 0 aromatic rings. The lowest BCUT2D eigenvalue weighted by Gasteiger charge is -2.58. The van der Waals surface area contributed by atoms with E-state index in [1.165, 1.54) is 31.3 Å². The molecule has 1 saturated heterocycles. The average Bonchev–Trinajstić information content (AvgIpc) is 3.32. The summed E-state index contributed by atoms with van der Waals surface area (Å²) in [5, 5.41) is 0.578. The molecule has 6 rings (SSSR count). The lowest BCUT2D eigenvalue weighted by atomic mass is 9.47. The van der Waals surface area contributed by atoms with Crippen LogP contribution in [-0.4, -0.2) is 17.4 Å². The van der Waals surface area contributed by atoms with Crippen LogP contribution >= 0.6 is 11.6 Å². The fourth-order valence-electron chi connectivity index (χ4n) is 9.03. The number of allylic oxidation sites excluding steroid dienone is 1. The van der Waals surface area contributed by atoms with Crippen LogP contribution < -0.4 is 0 Å². The Bertz CT molecular complexity index is 772. The molecule has 4 heteroatoms. The summed E-state index contributed by atoms with van der Waals surface area (Å²) in [5.41, 5.74) is 1.35. The lowest BCUT2D eigenvalue weighted by Crippen LogP contribution is -2.56. The topological polar surface area (TPSA) is 43.4 Å². The van der Waals surface area contributed by atoms with Crippen molar-refractivity contribution in [3.05, 3.63) is 10.6 Å². The van der Waals surface area contributed by atoms with Crippen LogP contribution in [0.5, 0.6) is 0 Å². The maximum atomic E-state index is 12.2. The molecule has 0 radical (unpaired) electrons. The van der Waals surface area contributed by atoms with Crippen molar-refractivity contribution < 1.29 is 14.3 Å². The zero-order valence-corrected chi connectivity index (χ0v) is 16.9. The maximum Gasteiger partial charge on any atom is 0.306 e. The number of carbonyl (C=O) groups is 2. The molecule has 1 aliphatic heterocycles. The Morgan fingerprint density at radius 2 is 1.89 bits per heavy atom. The zero-order chi connectivity index (χ0) is 18.6. The van der Waals surface area contributed by atoms with E-state index in [-0.39, 0.29) is 22.8 Å². The van der Waals surface area contributed by atoms with Crippen LogP contribution in [0, 0.1) is 40.9 Å². The van der Waals surface area contributed by atoms with Crippen molar-refractivity contribution in [1.82, 2.24) is 0 Å². The van der Waals surface area contributed by atoms with Gasteiger partial charge in [0.05, 0.1) is 5.03 Å². The molecule has 0 amide bonds. The number of esters is 1. The number of fused-ring (bicyclic) bond motifs is 9. The van der Waals surface area contributed by atoms with Gasteiger partial charge in [-0.2, -0.15) is 0 Å². The minimum atomic E-state index is -0.143. The number of Topliss-reactive ketones (excluding diaryl/α,β-unsaturated/α-hetero) is 1. The smallest absolute Gasteiger partial charge is 0.306 e. The molecule has 146 valence electrons. The number of hydrogen-bond donors (Lipinski definition) is 0. The SMILES string of the molecule is CC[C@]12CCC3C4CCC(=O)C(Cl)=C4CCC3C1C1CC1[C@@]21CCC(=O)O1. The molecule has 27 heavy (non-hydrogen) atoms. The first-order valence-electron chi connectivity index (χ1n) is 11.2. The summed E-state index contributed by atoms with van der Waals surface area (Å²) in [6.07, 6.45) is 10.3. The molecule has 1 spiro atoms. The highest BCUT2D eigenvalue weighted by molar-refractivity contribution is 6.43. The Kier molecular flexibility index (Phi) is 3.41. The van der Waals surface area contributed by atoms with Gasteiger partial charge in [0, 0.05) is 24.2 Å². The Morgan fingerprint density at radius 1 is 1.04 bits per heavy atom. The van der Waals surface area contributed by atoms with Crippen LogP contribution in [0.2, 0.25) is 0 Å². The van der Waals surface area contributed by atoms with Gasteiger partial charge in [0.1, 0.15) is 5.60 Å². The third kappa shape index (κ3) is 1.91. The maximum absolute atomic E-state index is 12.2. The Hall–Kier alpha value is -0.830. The van der Waals surface area contributed by atoms with E-state index in [0.717, 1.165) is 43.4 Å². The molecule has 6 unspecified atom stereocenters. The second-order valence-electron chi connectivity index (χ2n) is 10.2. The fraction of sp³-hybridized carbons (Fsp3) is 0.826.